The highest BCUT2D eigenvalue weighted by atomic mass is 19.4. The van der Waals surface area contributed by atoms with Gasteiger partial charge in [0.05, 0.1) is 11.3 Å². The van der Waals surface area contributed by atoms with Crippen LogP contribution in [0.25, 0.3) is 0 Å². The molecule has 0 heterocycles. The minimum atomic E-state index is -4.36. The summed E-state index contributed by atoms with van der Waals surface area (Å²) in [6, 6.07) is 0. The van der Waals surface area contributed by atoms with Gasteiger partial charge in [-0.1, -0.05) is 13.8 Å². The zero-order valence-electron chi connectivity index (χ0n) is 9.75. The van der Waals surface area contributed by atoms with Crippen molar-refractivity contribution < 1.29 is 26.3 Å². The maximum Gasteiger partial charge on any atom is 0.394 e. The normalized spacial score (nSPS) is 28.2. The number of hydrogen-bond acceptors (Lipinski definition) is 0. The van der Waals surface area contributed by atoms with Crippen LogP contribution < -0.4 is 0 Å². The molecule has 0 atom stereocenters. The summed E-state index contributed by atoms with van der Waals surface area (Å²) in [4.78, 5) is 0. The lowest BCUT2D eigenvalue weighted by atomic mass is 9.68. The van der Waals surface area contributed by atoms with Crippen molar-refractivity contribution in [3.05, 3.63) is 0 Å². The third-order valence-electron chi connectivity index (χ3n) is 3.94. The Morgan fingerprint density at radius 2 is 1.06 bits per heavy atom. The van der Waals surface area contributed by atoms with E-state index in [0.717, 1.165) is 13.8 Å². The molecule has 1 saturated carbocycles. The average Bonchev–Trinajstić information content (AvgIpc) is 2.15. The lowest BCUT2D eigenvalue weighted by molar-refractivity contribution is -0.239. The van der Waals surface area contributed by atoms with Crippen LogP contribution in [0.15, 0.2) is 0 Å². The summed E-state index contributed by atoms with van der Waals surface area (Å²) in [5.41, 5.74) is -1.90. The van der Waals surface area contributed by atoms with Crippen molar-refractivity contribution in [2.45, 2.75) is 51.9 Å². The molecule has 0 aromatic heterocycles. The van der Waals surface area contributed by atoms with Crippen LogP contribution in [-0.4, -0.2) is 12.4 Å². The fourth-order valence-electron chi connectivity index (χ4n) is 2.37. The number of hydrogen-bond donors (Lipinski definition) is 0. The van der Waals surface area contributed by atoms with Crippen LogP contribution in [0.3, 0.4) is 0 Å². The Morgan fingerprint density at radius 3 is 1.35 bits per heavy atom. The summed E-state index contributed by atoms with van der Waals surface area (Å²) < 4.78 is 75.3. The summed E-state index contributed by atoms with van der Waals surface area (Å²) in [6.45, 7) is 2.15. The van der Waals surface area contributed by atoms with E-state index in [2.05, 4.69) is 0 Å². The molecule has 1 aliphatic carbocycles. The Morgan fingerprint density at radius 1 is 0.706 bits per heavy atom. The van der Waals surface area contributed by atoms with Crippen LogP contribution >= 0.6 is 0 Å². The molecule has 102 valence electrons. The van der Waals surface area contributed by atoms with E-state index in [4.69, 9.17) is 0 Å². The molecule has 0 bridgehead atoms. The third-order valence-corrected chi connectivity index (χ3v) is 3.94. The Bertz CT molecular complexity index is 254. The second-order valence-corrected chi connectivity index (χ2v) is 5.31. The van der Waals surface area contributed by atoms with E-state index in [-0.39, 0.29) is 25.7 Å². The van der Waals surface area contributed by atoms with Gasteiger partial charge in [0.1, 0.15) is 0 Å². The quantitative estimate of drug-likeness (QED) is 0.587. The topological polar surface area (TPSA) is 0 Å². The SMILES string of the molecule is CC(C)(C1CCC(C(F)(F)F)CC1)C(F)(F)F. The summed E-state index contributed by atoms with van der Waals surface area (Å²) in [7, 11) is 0. The zero-order valence-corrected chi connectivity index (χ0v) is 9.75. The standard InChI is InChI=1S/C11H16F6/c1-9(2,11(15,16)17)7-3-5-8(6-4-7)10(12,13)14/h7-8H,3-6H2,1-2H3. The Kier molecular flexibility index (Phi) is 3.75. The van der Waals surface area contributed by atoms with Gasteiger partial charge in [0, 0.05) is 0 Å². The van der Waals surface area contributed by atoms with E-state index in [1.54, 1.807) is 0 Å². The Labute approximate surface area is 96.4 Å². The van der Waals surface area contributed by atoms with E-state index in [1.165, 1.54) is 0 Å². The third kappa shape index (κ3) is 3.07. The molecule has 17 heavy (non-hydrogen) atoms. The zero-order chi connectivity index (χ0) is 13.5. The van der Waals surface area contributed by atoms with Crippen LogP contribution in [0.2, 0.25) is 0 Å². The predicted octanol–water partition coefficient (Wildman–Crippen LogP) is 4.94. The molecule has 0 spiro atoms. The molecular weight excluding hydrogens is 246 g/mol. The van der Waals surface area contributed by atoms with Gasteiger partial charge in [0.25, 0.3) is 0 Å². The van der Waals surface area contributed by atoms with Gasteiger partial charge in [0.15, 0.2) is 0 Å². The molecule has 0 aromatic rings. The minimum Gasteiger partial charge on any atom is -0.171 e. The molecule has 0 aromatic carbocycles. The van der Waals surface area contributed by atoms with Gasteiger partial charge in [-0.3, -0.25) is 0 Å². The lowest BCUT2D eigenvalue weighted by Crippen LogP contribution is -2.42. The van der Waals surface area contributed by atoms with Gasteiger partial charge in [-0.05, 0) is 31.6 Å². The largest absolute Gasteiger partial charge is 0.394 e. The van der Waals surface area contributed by atoms with E-state index in [9.17, 15) is 26.3 Å². The first-order chi connectivity index (χ1) is 7.46. The molecule has 0 aliphatic heterocycles. The van der Waals surface area contributed by atoms with Crippen molar-refractivity contribution in [3.8, 4) is 0 Å². The molecule has 0 nitrogen and oxygen atoms in total. The van der Waals surface area contributed by atoms with Gasteiger partial charge < -0.3 is 0 Å². The molecular formula is C11H16F6. The Balaban J connectivity index is 2.64. The van der Waals surface area contributed by atoms with Crippen molar-refractivity contribution in [3.63, 3.8) is 0 Å². The minimum absolute atomic E-state index is 0.00329. The van der Waals surface area contributed by atoms with Crippen molar-refractivity contribution in [2.75, 3.05) is 0 Å². The highest BCUT2D eigenvalue weighted by Gasteiger charge is 2.54. The molecule has 6 heteroatoms. The molecule has 1 fully saturated rings. The molecule has 0 amide bonds. The summed E-state index contributed by atoms with van der Waals surface area (Å²) >= 11 is 0. The van der Waals surface area contributed by atoms with E-state index in [0.29, 0.717) is 0 Å². The van der Waals surface area contributed by atoms with Crippen LogP contribution in [-0.2, 0) is 0 Å². The molecule has 0 radical (unpaired) electrons. The summed E-state index contributed by atoms with van der Waals surface area (Å²) in [6.07, 6.45) is -9.01. The van der Waals surface area contributed by atoms with E-state index >= 15 is 0 Å². The van der Waals surface area contributed by atoms with Gasteiger partial charge >= 0.3 is 12.4 Å². The second-order valence-electron chi connectivity index (χ2n) is 5.31. The smallest absolute Gasteiger partial charge is 0.171 e. The molecule has 1 aliphatic rings. The average molecular weight is 262 g/mol. The Hall–Kier alpha value is -0.420. The van der Waals surface area contributed by atoms with Crippen molar-refractivity contribution in [1.82, 2.24) is 0 Å². The predicted molar refractivity (Wildman–Crippen MR) is 51.3 cm³/mol. The van der Waals surface area contributed by atoms with Crippen LogP contribution in [0.1, 0.15) is 39.5 Å². The van der Waals surface area contributed by atoms with Gasteiger partial charge in [-0.25, -0.2) is 0 Å². The van der Waals surface area contributed by atoms with E-state index < -0.39 is 29.6 Å². The van der Waals surface area contributed by atoms with Crippen molar-refractivity contribution in [2.24, 2.45) is 17.3 Å². The van der Waals surface area contributed by atoms with E-state index in [1.807, 2.05) is 0 Å². The molecule has 0 unspecified atom stereocenters. The van der Waals surface area contributed by atoms with Gasteiger partial charge in [-0.15, -0.1) is 0 Å². The fourth-order valence-corrected chi connectivity index (χ4v) is 2.37. The lowest BCUT2D eigenvalue weighted by Gasteiger charge is -2.40. The molecule has 1 rings (SSSR count). The van der Waals surface area contributed by atoms with Crippen LogP contribution in [0.4, 0.5) is 26.3 Å². The number of halogens is 6. The highest BCUT2D eigenvalue weighted by molar-refractivity contribution is 4.89. The fraction of sp³-hybridized carbons (Fsp3) is 1.00. The first-order valence-electron chi connectivity index (χ1n) is 5.59. The first-order valence-corrected chi connectivity index (χ1v) is 5.59. The monoisotopic (exact) mass is 262 g/mol. The first kappa shape index (κ1) is 14.6. The summed E-state index contributed by atoms with van der Waals surface area (Å²) in [5.74, 6) is -2.14. The molecule has 0 N–H and O–H groups in total. The van der Waals surface area contributed by atoms with Crippen LogP contribution in [0.5, 0.6) is 0 Å². The molecule has 0 saturated heterocycles. The van der Waals surface area contributed by atoms with Crippen molar-refractivity contribution >= 4 is 0 Å². The number of rotatable bonds is 1. The summed E-state index contributed by atoms with van der Waals surface area (Å²) in [5, 5.41) is 0. The van der Waals surface area contributed by atoms with Gasteiger partial charge in [-0.2, -0.15) is 26.3 Å². The van der Waals surface area contributed by atoms with Gasteiger partial charge in [0.2, 0.25) is 0 Å². The van der Waals surface area contributed by atoms with Crippen molar-refractivity contribution in [1.29, 1.82) is 0 Å². The maximum atomic E-state index is 12.7. The van der Waals surface area contributed by atoms with Crippen LogP contribution in [0, 0.1) is 17.3 Å². The number of alkyl halides is 6. The maximum absolute atomic E-state index is 12.7. The highest BCUT2D eigenvalue weighted by Crippen LogP contribution is 2.51. The second kappa shape index (κ2) is 4.35.